The fourth-order valence-corrected chi connectivity index (χ4v) is 2.83. The molecule has 7 nitrogen and oxygen atoms in total. The third kappa shape index (κ3) is 5.74. The van der Waals surface area contributed by atoms with E-state index in [0.29, 0.717) is 34.8 Å². The van der Waals surface area contributed by atoms with Crippen molar-refractivity contribution in [2.45, 2.75) is 6.92 Å². The van der Waals surface area contributed by atoms with E-state index in [9.17, 15) is 9.59 Å². The summed E-state index contributed by atoms with van der Waals surface area (Å²) in [7, 11) is 0. The number of rotatable bonds is 7. The Morgan fingerprint density at radius 2 is 1.80 bits per heavy atom. The molecular weight excluding hydrogens is 450 g/mol. The number of ether oxygens (including phenoxy) is 2. The number of halogens is 1. The number of carbonyl (C=O) groups is 2. The Kier molecular flexibility index (Phi) is 7.29. The van der Waals surface area contributed by atoms with E-state index in [1.165, 1.54) is 18.6 Å². The number of hydrazone groups is 1. The second-order valence-electron chi connectivity index (χ2n) is 5.96. The zero-order chi connectivity index (χ0) is 21.3. The Labute approximate surface area is 181 Å². The van der Waals surface area contributed by atoms with Crippen LogP contribution < -0.4 is 14.9 Å². The van der Waals surface area contributed by atoms with Crippen LogP contribution in [0.1, 0.15) is 33.2 Å². The van der Waals surface area contributed by atoms with Gasteiger partial charge in [0, 0.05) is 28.0 Å². The summed E-state index contributed by atoms with van der Waals surface area (Å²) in [4.78, 5) is 28.4. The van der Waals surface area contributed by atoms with Crippen molar-refractivity contribution in [1.82, 2.24) is 10.4 Å². The van der Waals surface area contributed by atoms with Gasteiger partial charge >= 0.3 is 5.97 Å². The number of hydrogen-bond donors (Lipinski definition) is 1. The van der Waals surface area contributed by atoms with Gasteiger partial charge in [-0.15, -0.1) is 0 Å². The van der Waals surface area contributed by atoms with Crippen LogP contribution in [0.3, 0.4) is 0 Å². The van der Waals surface area contributed by atoms with Gasteiger partial charge in [0.2, 0.25) is 0 Å². The lowest BCUT2D eigenvalue weighted by Crippen LogP contribution is -2.17. The molecule has 0 saturated heterocycles. The van der Waals surface area contributed by atoms with E-state index >= 15 is 0 Å². The molecule has 152 valence electrons. The Balaban J connectivity index is 1.71. The highest BCUT2D eigenvalue weighted by atomic mass is 79.9. The third-order valence-corrected chi connectivity index (χ3v) is 4.38. The molecule has 0 aliphatic carbocycles. The smallest absolute Gasteiger partial charge is 0.343 e. The highest BCUT2D eigenvalue weighted by molar-refractivity contribution is 9.10. The maximum atomic E-state index is 12.5. The Bertz CT molecular complexity index is 1050. The molecule has 0 unspecified atom stereocenters. The van der Waals surface area contributed by atoms with Crippen molar-refractivity contribution in [2.75, 3.05) is 6.61 Å². The number of aromatic nitrogens is 1. The predicted octanol–water partition coefficient (Wildman–Crippen LogP) is 4.23. The van der Waals surface area contributed by atoms with Crippen LogP contribution in [0.4, 0.5) is 0 Å². The fraction of sp³-hybridized carbons (Fsp3) is 0.0909. The first kappa shape index (κ1) is 21.2. The maximum Gasteiger partial charge on any atom is 0.343 e. The van der Waals surface area contributed by atoms with Crippen LogP contribution in [0.2, 0.25) is 0 Å². The third-order valence-electron chi connectivity index (χ3n) is 3.89. The molecule has 1 amide bonds. The van der Waals surface area contributed by atoms with E-state index in [1.54, 1.807) is 54.6 Å². The summed E-state index contributed by atoms with van der Waals surface area (Å²) in [5, 5.41) is 3.96. The molecule has 0 aliphatic heterocycles. The number of carbonyl (C=O) groups excluding carboxylic acids is 2. The van der Waals surface area contributed by atoms with Gasteiger partial charge in [-0.05, 0) is 61.5 Å². The van der Waals surface area contributed by atoms with E-state index in [1.807, 2.05) is 6.92 Å². The van der Waals surface area contributed by atoms with Crippen molar-refractivity contribution in [3.8, 4) is 11.5 Å². The lowest BCUT2D eigenvalue weighted by molar-refractivity contribution is 0.0734. The molecule has 0 aliphatic rings. The van der Waals surface area contributed by atoms with Crippen molar-refractivity contribution in [1.29, 1.82) is 0 Å². The molecule has 3 rings (SSSR count). The number of esters is 1. The first-order chi connectivity index (χ1) is 14.6. The molecule has 1 N–H and O–H groups in total. The summed E-state index contributed by atoms with van der Waals surface area (Å²) in [6.45, 7) is 2.43. The summed E-state index contributed by atoms with van der Waals surface area (Å²) in [6.07, 6.45) is 4.45. The Morgan fingerprint density at radius 3 is 2.50 bits per heavy atom. The normalized spacial score (nSPS) is 10.6. The first-order valence-corrected chi connectivity index (χ1v) is 9.84. The van der Waals surface area contributed by atoms with E-state index < -0.39 is 5.97 Å². The standard InChI is InChI=1S/C22H18BrN3O4/c1-2-29-19-6-3-16(4-7-19)22(28)30-20-8-5-18(23)13-17(20)14-25-26-21(27)15-9-11-24-12-10-15/h3-14H,2H2,1H3,(H,26,27)/b25-14-. The monoisotopic (exact) mass is 467 g/mol. The number of benzene rings is 2. The largest absolute Gasteiger partial charge is 0.494 e. The van der Waals surface area contributed by atoms with Gasteiger partial charge in [0.1, 0.15) is 11.5 Å². The van der Waals surface area contributed by atoms with Gasteiger partial charge in [0.15, 0.2) is 0 Å². The number of amides is 1. The minimum absolute atomic E-state index is 0.305. The van der Waals surface area contributed by atoms with Crippen molar-refractivity contribution in [2.24, 2.45) is 5.10 Å². The quantitative estimate of drug-likeness (QED) is 0.243. The van der Waals surface area contributed by atoms with Crippen LogP contribution in [0.5, 0.6) is 11.5 Å². The van der Waals surface area contributed by atoms with E-state index in [4.69, 9.17) is 9.47 Å². The van der Waals surface area contributed by atoms with Gasteiger partial charge in [-0.3, -0.25) is 9.78 Å². The molecule has 8 heteroatoms. The molecule has 2 aromatic carbocycles. The number of hydrogen-bond acceptors (Lipinski definition) is 6. The SMILES string of the molecule is CCOc1ccc(C(=O)Oc2ccc(Br)cc2/C=N\NC(=O)c2ccncc2)cc1. The van der Waals surface area contributed by atoms with Crippen LogP contribution in [0.15, 0.2) is 76.6 Å². The molecule has 3 aromatic rings. The van der Waals surface area contributed by atoms with E-state index in [0.717, 1.165) is 4.47 Å². The van der Waals surface area contributed by atoms with Gasteiger partial charge in [0.05, 0.1) is 18.4 Å². The highest BCUT2D eigenvalue weighted by Crippen LogP contribution is 2.23. The van der Waals surface area contributed by atoms with E-state index in [2.05, 4.69) is 31.4 Å². The average Bonchev–Trinajstić information content (AvgIpc) is 2.76. The number of nitrogens with one attached hydrogen (secondary N) is 1. The molecule has 0 bridgehead atoms. The fourth-order valence-electron chi connectivity index (χ4n) is 2.45. The van der Waals surface area contributed by atoms with Crippen LogP contribution in [0, 0.1) is 0 Å². The van der Waals surface area contributed by atoms with Gasteiger partial charge in [0.25, 0.3) is 5.91 Å². The molecule has 30 heavy (non-hydrogen) atoms. The Hall–Kier alpha value is -3.52. The van der Waals surface area contributed by atoms with Crippen LogP contribution in [-0.2, 0) is 0 Å². The molecular formula is C22H18BrN3O4. The molecule has 1 aromatic heterocycles. The Morgan fingerprint density at radius 1 is 1.07 bits per heavy atom. The lowest BCUT2D eigenvalue weighted by atomic mass is 10.2. The second kappa shape index (κ2) is 10.3. The predicted molar refractivity (Wildman–Crippen MR) is 116 cm³/mol. The van der Waals surface area contributed by atoms with Gasteiger partial charge in [-0.2, -0.15) is 5.10 Å². The summed E-state index contributed by atoms with van der Waals surface area (Å²) in [5.74, 6) is 0.0851. The zero-order valence-corrected chi connectivity index (χ0v) is 17.6. The minimum atomic E-state index is -0.518. The van der Waals surface area contributed by atoms with Crippen molar-refractivity contribution in [3.63, 3.8) is 0 Å². The zero-order valence-electron chi connectivity index (χ0n) is 16.0. The maximum absolute atomic E-state index is 12.5. The number of nitrogens with zero attached hydrogens (tertiary/aromatic N) is 2. The van der Waals surface area contributed by atoms with Gasteiger partial charge < -0.3 is 9.47 Å². The first-order valence-electron chi connectivity index (χ1n) is 9.05. The van der Waals surface area contributed by atoms with Gasteiger partial charge in [-0.25, -0.2) is 10.2 Å². The van der Waals surface area contributed by atoms with Crippen molar-refractivity contribution < 1.29 is 19.1 Å². The molecule has 0 radical (unpaired) electrons. The summed E-state index contributed by atoms with van der Waals surface area (Å²) < 4.78 is 11.7. The lowest BCUT2D eigenvalue weighted by Gasteiger charge is -2.09. The van der Waals surface area contributed by atoms with E-state index in [-0.39, 0.29) is 5.91 Å². The highest BCUT2D eigenvalue weighted by Gasteiger charge is 2.12. The summed E-state index contributed by atoms with van der Waals surface area (Å²) in [6, 6.07) is 14.9. The van der Waals surface area contributed by atoms with Gasteiger partial charge in [-0.1, -0.05) is 15.9 Å². The number of pyridine rings is 1. The molecule has 0 atom stereocenters. The molecule has 0 fully saturated rings. The van der Waals surface area contributed by atoms with Crippen LogP contribution in [-0.4, -0.2) is 29.7 Å². The summed E-state index contributed by atoms with van der Waals surface area (Å²) in [5.41, 5.74) is 3.76. The minimum Gasteiger partial charge on any atom is -0.494 e. The molecule has 1 heterocycles. The van der Waals surface area contributed by atoms with Crippen molar-refractivity contribution in [3.05, 3.63) is 88.2 Å². The van der Waals surface area contributed by atoms with Crippen molar-refractivity contribution >= 4 is 34.0 Å². The second-order valence-corrected chi connectivity index (χ2v) is 6.88. The van der Waals surface area contributed by atoms with Crippen LogP contribution in [0.25, 0.3) is 0 Å². The van der Waals surface area contributed by atoms with Crippen LogP contribution >= 0.6 is 15.9 Å². The summed E-state index contributed by atoms with van der Waals surface area (Å²) >= 11 is 3.38. The topological polar surface area (TPSA) is 89.9 Å². The molecule has 0 saturated carbocycles. The average molecular weight is 468 g/mol. The molecule has 0 spiro atoms.